The second kappa shape index (κ2) is 13.5. The van der Waals surface area contributed by atoms with Crippen LogP contribution in [0.5, 0.6) is 0 Å². The lowest BCUT2D eigenvalue weighted by Crippen LogP contribution is -2.68. The Balaban J connectivity index is 1.55. The number of hydrogen-bond donors (Lipinski definition) is 2. The van der Waals surface area contributed by atoms with Gasteiger partial charge in [0.25, 0.3) is 5.91 Å². The Bertz CT molecular complexity index is 1330. The molecule has 2 N–H and O–H groups in total. The minimum Gasteiger partial charge on any atom is -0.444 e. The Morgan fingerprint density at radius 3 is 2.18 bits per heavy atom. The number of amides is 4. The summed E-state index contributed by atoms with van der Waals surface area (Å²) in [5.74, 6) is -1.10. The highest BCUT2D eigenvalue weighted by atomic mass is 16.6. The molecule has 2 saturated heterocycles. The molecule has 2 fully saturated rings. The predicted molar refractivity (Wildman–Crippen MR) is 166 cm³/mol. The normalized spacial score (nSPS) is 21.4. The number of hydrogen-bond acceptors (Lipinski definition) is 7. The fourth-order valence-electron chi connectivity index (χ4n) is 6.01. The summed E-state index contributed by atoms with van der Waals surface area (Å²) in [5.41, 5.74) is -1.08. The fourth-order valence-corrected chi connectivity index (χ4v) is 6.01. The second-order valence-corrected chi connectivity index (χ2v) is 13.5. The van der Waals surface area contributed by atoms with Crippen LogP contribution in [-0.4, -0.2) is 82.6 Å². The molecule has 2 aromatic carbocycles. The van der Waals surface area contributed by atoms with Gasteiger partial charge in [0, 0.05) is 19.6 Å². The Labute approximate surface area is 260 Å². The summed E-state index contributed by atoms with van der Waals surface area (Å²) < 4.78 is 11.2. The average molecular weight is 607 g/mol. The van der Waals surface area contributed by atoms with E-state index in [0.717, 1.165) is 17.7 Å². The molecule has 0 aromatic heterocycles. The first-order valence-electron chi connectivity index (χ1n) is 15.3. The topological polar surface area (TPSA) is 117 Å². The van der Waals surface area contributed by atoms with E-state index in [1.165, 1.54) is 18.7 Å². The molecule has 2 aliphatic rings. The summed E-state index contributed by atoms with van der Waals surface area (Å²) in [4.78, 5) is 58.0. The number of piperazine rings is 1. The molecule has 0 bridgehead atoms. The second-order valence-electron chi connectivity index (χ2n) is 13.5. The number of alkyl carbamates (subject to hydrolysis) is 1. The van der Waals surface area contributed by atoms with Crippen LogP contribution in [0.15, 0.2) is 60.7 Å². The van der Waals surface area contributed by atoms with Crippen LogP contribution in [0.1, 0.15) is 59.1 Å². The molecule has 0 spiro atoms. The van der Waals surface area contributed by atoms with E-state index in [1.54, 1.807) is 20.8 Å². The molecule has 238 valence electrons. The van der Waals surface area contributed by atoms with Crippen molar-refractivity contribution in [1.29, 1.82) is 0 Å². The zero-order valence-corrected chi connectivity index (χ0v) is 26.7. The first-order valence-corrected chi connectivity index (χ1v) is 15.3. The summed E-state index contributed by atoms with van der Waals surface area (Å²) in [7, 11) is 0. The number of imide groups is 1. The summed E-state index contributed by atoms with van der Waals surface area (Å²) >= 11 is 0. The largest absolute Gasteiger partial charge is 0.444 e. The van der Waals surface area contributed by atoms with Crippen molar-refractivity contribution >= 4 is 23.8 Å². The lowest BCUT2D eigenvalue weighted by molar-refractivity contribution is -0.160. The van der Waals surface area contributed by atoms with E-state index in [0.29, 0.717) is 25.3 Å². The van der Waals surface area contributed by atoms with Gasteiger partial charge in [-0.3, -0.25) is 24.2 Å². The van der Waals surface area contributed by atoms with Crippen LogP contribution in [0.2, 0.25) is 0 Å². The number of rotatable bonds is 10. The molecule has 3 atom stereocenters. The summed E-state index contributed by atoms with van der Waals surface area (Å²) in [5, 5.41) is 5.35. The van der Waals surface area contributed by atoms with Gasteiger partial charge in [-0.25, -0.2) is 4.79 Å². The third-order valence-corrected chi connectivity index (χ3v) is 8.05. The van der Waals surface area contributed by atoms with Crippen LogP contribution in [0.25, 0.3) is 0 Å². The van der Waals surface area contributed by atoms with E-state index < -0.39 is 40.6 Å². The molecule has 0 saturated carbocycles. The van der Waals surface area contributed by atoms with Crippen molar-refractivity contribution in [3.05, 3.63) is 71.8 Å². The molecule has 44 heavy (non-hydrogen) atoms. The first kappa shape index (κ1) is 33.1. The maximum atomic E-state index is 14.3. The van der Waals surface area contributed by atoms with E-state index in [9.17, 15) is 19.2 Å². The zero-order chi connectivity index (χ0) is 32.1. The standard InChI is InChI=1S/C34H46N4O6/c1-24-19-34(20-25-13-9-7-10-14-25)30(41)38(18-17-37(34)21-24)28(39)27(23-43-22-26-15-11-8-12-16-26)35-29(40)33(5,6)36-31(42)44-32(2,3)4/h7-16,24,27H,17-23H2,1-6H3,(H,35,40)(H,36,42)/t24-,27-,34+/m1/s1. The smallest absolute Gasteiger partial charge is 0.408 e. The number of fused-ring (bicyclic) bond motifs is 1. The van der Waals surface area contributed by atoms with Gasteiger partial charge in [0.2, 0.25) is 11.8 Å². The van der Waals surface area contributed by atoms with E-state index >= 15 is 0 Å². The molecule has 4 amide bonds. The number of ether oxygens (including phenoxy) is 2. The quantitative estimate of drug-likeness (QED) is 0.424. The van der Waals surface area contributed by atoms with Crippen molar-refractivity contribution < 1.29 is 28.7 Å². The minimum atomic E-state index is -1.42. The molecule has 10 nitrogen and oxygen atoms in total. The third kappa shape index (κ3) is 8.04. The molecule has 10 heteroatoms. The van der Waals surface area contributed by atoms with Gasteiger partial charge < -0.3 is 20.1 Å². The molecule has 0 aliphatic carbocycles. The van der Waals surface area contributed by atoms with Crippen LogP contribution in [0, 0.1) is 5.92 Å². The minimum absolute atomic E-state index is 0.155. The summed E-state index contributed by atoms with van der Waals surface area (Å²) in [6, 6.07) is 18.2. The molecular formula is C34H46N4O6. The highest BCUT2D eigenvalue weighted by Gasteiger charge is 2.55. The summed E-state index contributed by atoms with van der Waals surface area (Å²) in [6.45, 7) is 12.0. The van der Waals surface area contributed by atoms with Crippen molar-refractivity contribution in [2.75, 3.05) is 26.2 Å². The van der Waals surface area contributed by atoms with Crippen molar-refractivity contribution in [3.63, 3.8) is 0 Å². The molecule has 0 unspecified atom stereocenters. The van der Waals surface area contributed by atoms with Gasteiger partial charge in [-0.05, 0) is 64.5 Å². The number of benzene rings is 2. The summed E-state index contributed by atoms with van der Waals surface area (Å²) in [6.07, 6.45) is 0.374. The lowest BCUT2D eigenvalue weighted by Gasteiger charge is -2.46. The van der Waals surface area contributed by atoms with Crippen LogP contribution < -0.4 is 10.6 Å². The van der Waals surface area contributed by atoms with E-state index in [2.05, 4.69) is 22.5 Å². The van der Waals surface area contributed by atoms with Gasteiger partial charge in [0.15, 0.2) is 0 Å². The molecule has 2 aromatic rings. The average Bonchev–Trinajstić information content (AvgIpc) is 3.28. The molecular weight excluding hydrogens is 560 g/mol. The number of nitrogens with zero attached hydrogens (tertiary/aromatic N) is 2. The fraction of sp³-hybridized carbons (Fsp3) is 0.529. The van der Waals surface area contributed by atoms with Gasteiger partial charge in [0.05, 0.1) is 13.2 Å². The third-order valence-electron chi connectivity index (χ3n) is 8.05. The van der Waals surface area contributed by atoms with E-state index in [-0.39, 0.29) is 25.7 Å². The van der Waals surface area contributed by atoms with E-state index in [4.69, 9.17) is 9.47 Å². The van der Waals surface area contributed by atoms with Crippen LogP contribution in [0.4, 0.5) is 4.79 Å². The van der Waals surface area contributed by atoms with Crippen LogP contribution >= 0.6 is 0 Å². The SMILES string of the molecule is C[C@H]1CN2CCN(C(=O)[C@@H](COCc3ccccc3)NC(=O)C(C)(C)NC(=O)OC(C)(C)C)C(=O)[C@@]2(Cc2ccccc2)C1. The van der Waals surface area contributed by atoms with Gasteiger partial charge in [-0.2, -0.15) is 0 Å². The van der Waals surface area contributed by atoms with Crippen LogP contribution in [0.3, 0.4) is 0 Å². The monoisotopic (exact) mass is 606 g/mol. The number of carbonyl (C=O) groups excluding carboxylic acids is 4. The predicted octanol–water partition coefficient (Wildman–Crippen LogP) is 3.68. The molecule has 2 heterocycles. The molecule has 0 radical (unpaired) electrons. The Morgan fingerprint density at radius 1 is 0.955 bits per heavy atom. The zero-order valence-electron chi connectivity index (χ0n) is 26.7. The highest BCUT2D eigenvalue weighted by Crippen LogP contribution is 2.39. The molecule has 4 rings (SSSR count). The Hall–Kier alpha value is -3.76. The Morgan fingerprint density at radius 2 is 1.57 bits per heavy atom. The van der Waals surface area contributed by atoms with Crippen molar-refractivity contribution in [2.24, 2.45) is 5.92 Å². The van der Waals surface area contributed by atoms with Crippen LogP contribution in [-0.2, 0) is 36.9 Å². The van der Waals surface area contributed by atoms with Crippen molar-refractivity contribution in [3.8, 4) is 0 Å². The first-order chi connectivity index (χ1) is 20.7. The van der Waals surface area contributed by atoms with Gasteiger partial charge in [0.1, 0.15) is 22.7 Å². The van der Waals surface area contributed by atoms with Crippen molar-refractivity contribution in [2.45, 2.75) is 83.7 Å². The van der Waals surface area contributed by atoms with E-state index in [1.807, 2.05) is 60.7 Å². The highest BCUT2D eigenvalue weighted by molar-refractivity contribution is 6.04. The maximum absolute atomic E-state index is 14.3. The number of carbonyl (C=O) groups is 4. The molecule has 2 aliphatic heterocycles. The van der Waals surface area contributed by atoms with Gasteiger partial charge in [-0.1, -0.05) is 67.6 Å². The van der Waals surface area contributed by atoms with Gasteiger partial charge >= 0.3 is 6.09 Å². The lowest BCUT2D eigenvalue weighted by atomic mass is 9.83. The number of nitrogens with one attached hydrogen (secondary N) is 2. The van der Waals surface area contributed by atoms with Crippen molar-refractivity contribution in [1.82, 2.24) is 20.4 Å². The Kier molecular flexibility index (Phi) is 10.2. The maximum Gasteiger partial charge on any atom is 0.408 e. The van der Waals surface area contributed by atoms with Gasteiger partial charge in [-0.15, -0.1) is 0 Å².